The van der Waals surface area contributed by atoms with Gasteiger partial charge in [0.15, 0.2) is 0 Å². The maximum Gasteiger partial charge on any atom is 0.258 e. The third-order valence-electron chi connectivity index (χ3n) is 10.7. The van der Waals surface area contributed by atoms with Gasteiger partial charge in [-0.1, -0.05) is 154 Å². The number of hydrogen-bond donors (Lipinski definition) is 4. The van der Waals surface area contributed by atoms with E-state index >= 15 is 0 Å². The minimum atomic E-state index is -3.43. The molecule has 0 spiro atoms. The topological polar surface area (TPSA) is 142 Å². The number of nitrogens with zero attached hydrogens (tertiary/aromatic N) is 4. The summed E-state index contributed by atoms with van der Waals surface area (Å²) in [5.74, 6) is -0.778. The third-order valence-corrected chi connectivity index (χ3v) is 15.2. The number of hydrogen-bond acceptors (Lipinski definition) is 6. The van der Waals surface area contributed by atoms with Gasteiger partial charge in [-0.05, 0) is 70.7 Å². The molecule has 0 fully saturated rings. The highest BCUT2D eigenvalue weighted by atomic mass is 28.4. The van der Waals surface area contributed by atoms with E-state index in [4.69, 9.17) is 5.53 Å². The molecule has 4 aromatic carbocycles. The molecule has 0 saturated heterocycles. The van der Waals surface area contributed by atoms with E-state index < -0.39 is 43.1 Å². The fraction of sp³-hybridized carbons (Fsp3) is 0.405. The zero-order valence-electron chi connectivity index (χ0n) is 31.1. The smallest absolute Gasteiger partial charge is 0.258 e. The van der Waals surface area contributed by atoms with E-state index in [-0.39, 0.29) is 5.91 Å². The molecule has 9 nitrogen and oxygen atoms in total. The lowest BCUT2D eigenvalue weighted by Gasteiger charge is -2.48. The number of nitrogens with one attached hydrogen (secondary N) is 1. The van der Waals surface area contributed by atoms with Crippen LogP contribution >= 0.6 is 0 Å². The molecule has 4 N–H and O–H groups in total. The van der Waals surface area contributed by atoms with Crippen LogP contribution in [0, 0.1) is 5.92 Å². The second kappa shape index (κ2) is 18.5. The molecule has 0 heterocycles. The van der Waals surface area contributed by atoms with Crippen molar-refractivity contribution in [3.05, 3.63) is 143 Å². The normalized spacial score (nSPS) is 15.4. The van der Waals surface area contributed by atoms with E-state index in [0.717, 1.165) is 15.9 Å². The molecule has 1 amide bonds. The van der Waals surface area contributed by atoms with E-state index in [1.165, 1.54) is 0 Å². The third kappa shape index (κ3) is 9.19. The van der Waals surface area contributed by atoms with Gasteiger partial charge in [0.05, 0.1) is 11.6 Å². The average Bonchev–Trinajstić information content (AvgIpc) is 3.17. The summed E-state index contributed by atoms with van der Waals surface area (Å²) in [7, 11) is -1.75. The van der Waals surface area contributed by atoms with Crippen LogP contribution in [0.2, 0.25) is 5.04 Å². The quantitative estimate of drug-likeness (QED) is 0.0282. The largest absolute Gasteiger partial charge is 0.424 e. The van der Waals surface area contributed by atoms with Crippen LogP contribution in [0.25, 0.3) is 10.4 Å². The van der Waals surface area contributed by atoms with Crippen molar-refractivity contribution in [2.45, 2.75) is 82.2 Å². The van der Waals surface area contributed by atoms with Crippen molar-refractivity contribution in [3.8, 4) is 0 Å². The first kappa shape index (κ1) is 40.5. The number of amides is 1. The Morgan fingerprint density at radius 3 is 1.81 bits per heavy atom. The maximum absolute atomic E-state index is 14.9. The van der Waals surface area contributed by atoms with Crippen molar-refractivity contribution in [2.24, 2.45) is 11.0 Å². The van der Waals surface area contributed by atoms with Crippen LogP contribution in [-0.2, 0) is 4.79 Å². The zero-order valence-corrected chi connectivity index (χ0v) is 32.1. The minimum Gasteiger partial charge on any atom is -0.424 e. The SMILES string of the molecule is CC[C@@H](CC(C)(C)[Si](O)(c1ccccc1)c1ccccc1)[C@@](C)(O)[C@H](NCCCCN=[N+]=[N-])C(=O)N(C)[C@@H](c1ccccc1)[C@@H](O)c1ccccc1. The summed E-state index contributed by atoms with van der Waals surface area (Å²) >= 11 is 0. The molecule has 4 rings (SSSR count). The zero-order chi connectivity index (χ0) is 37.8. The molecule has 4 aromatic rings. The Labute approximate surface area is 310 Å². The molecule has 10 heteroatoms. The van der Waals surface area contributed by atoms with Gasteiger partial charge in [-0.2, -0.15) is 0 Å². The molecule has 0 aliphatic heterocycles. The second-order valence-electron chi connectivity index (χ2n) is 14.6. The Morgan fingerprint density at radius 1 is 0.846 bits per heavy atom. The first-order chi connectivity index (χ1) is 24.9. The molecular weight excluding hydrogens is 667 g/mol. The first-order valence-electron chi connectivity index (χ1n) is 18.2. The molecule has 0 unspecified atom stereocenters. The number of likely N-dealkylation sites (N-methyl/N-ethyl adjacent to an activating group) is 1. The summed E-state index contributed by atoms with van der Waals surface area (Å²) in [6.45, 7) is 8.61. The number of carbonyl (C=O) groups is 1. The van der Waals surface area contributed by atoms with Crippen molar-refractivity contribution < 1.29 is 19.8 Å². The summed E-state index contributed by atoms with van der Waals surface area (Å²) in [5.41, 5.74) is 8.59. The van der Waals surface area contributed by atoms with Crippen LogP contribution in [0.15, 0.2) is 126 Å². The predicted molar refractivity (Wildman–Crippen MR) is 212 cm³/mol. The van der Waals surface area contributed by atoms with Crippen LogP contribution in [0.5, 0.6) is 0 Å². The van der Waals surface area contributed by atoms with Crippen LogP contribution in [-0.4, -0.2) is 65.9 Å². The number of rotatable bonds is 19. The van der Waals surface area contributed by atoms with Crippen molar-refractivity contribution in [1.29, 1.82) is 0 Å². The predicted octanol–water partition coefficient (Wildman–Crippen LogP) is 6.67. The highest BCUT2D eigenvalue weighted by Gasteiger charge is 2.54. The fourth-order valence-corrected chi connectivity index (χ4v) is 11.4. The van der Waals surface area contributed by atoms with Crippen molar-refractivity contribution >= 4 is 24.6 Å². The monoisotopic (exact) mass is 721 g/mol. The molecule has 0 bridgehead atoms. The van der Waals surface area contributed by atoms with Crippen LogP contribution in [0.1, 0.15) is 76.7 Å². The van der Waals surface area contributed by atoms with E-state index in [1.807, 2.05) is 128 Å². The Hall–Kier alpha value is -4.28. The molecule has 5 atom stereocenters. The van der Waals surface area contributed by atoms with Gasteiger partial charge >= 0.3 is 0 Å². The van der Waals surface area contributed by atoms with E-state index in [1.54, 1.807) is 18.9 Å². The lowest BCUT2D eigenvalue weighted by Crippen LogP contribution is -2.67. The summed E-state index contributed by atoms with van der Waals surface area (Å²) in [6.07, 6.45) is 1.18. The lowest BCUT2D eigenvalue weighted by atomic mass is 9.75. The van der Waals surface area contributed by atoms with Gasteiger partial charge in [0, 0.05) is 18.5 Å². The summed E-state index contributed by atoms with van der Waals surface area (Å²) in [6, 6.07) is 36.6. The van der Waals surface area contributed by atoms with Crippen LogP contribution < -0.4 is 15.7 Å². The first-order valence-corrected chi connectivity index (χ1v) is 20.2. The van der Waals surface area contributed by atoms with Gasteiger partial charge in [0.25, 0.3) is 8.32 Å². The standard InChI is InChI=1S/C42H55N5O4Si/c1-6-34(31-41(2,3)52(51,35-25-15-9-16-26-35)36-27-17-10-18-28-36)42(4,50)39(44-29-19-20-30-45-46-43)40(49)47(5)37(32-21-11-7-12-22-32)38(48)33-23-13-8-14-24-33/h7-18,21-28,34,37-39,44,48,50-51H,6,19-20,29-31H2,1-5H3/t34-,37-,38-,39+,42+/m0/s1. The van der Waals surface area contributed by atoms with E-state index in [2.05, 4.69) is 29.2 Å². The van der Waals surface area contributed by atoms with Crippen molar-refractivity contribution in [1.82, 2.24) is 10.2 Å². The molecular formula is C42H55N5O4Si. The highest BCUT2D eigenvalue weighted by molar-refractivity contribution is 6.98. The van der Waals surface area contributed by atoms with Gasteiger partial charge in [0.2, 0.25) is 5.91 Å². The maximum atomic E-state index is 14.9. The van der Waals surface area contributed by atoms with Gasteiger partial charge in [-0.25, -0.2) is 0 Å². The molecule has 52 heavy (non-hydrogen) atoms. The molecule has 276 valence electrons. The Morgan fingerprint density at radius 2 is 1.33 bits per heavy atom. The van der Waals surface area contributed by atoms with Crippen LogP contribution in [0.4, 0.5) is 0 Å². The Balaban J connectivity index is 1.74. The molecule has 0 aliphatic carbocycles. The van der Waals surface area contributed by atoms with Crippen LogP contribution in [0.3, 0.4) is 0 Å². The van der Waals surface area contributed by atoms with E-state index in [9.17, 15) is 19.8 Å². The number of benzene rings is 4. The number of unbranched alkanes of at least 4 members (excludes halogenated alkanes) is 1. The number of aliphatic hydroxyl groups is 2. The number of aliphatic hydroxyl groups excluding tert-OH is 1. The molecule has 0 aromatic heterocycles. The number of azide groups is 1. The molecule has 0 aliphatic rings. The summed E-state index contributed by atoms with van der Waals surface area (Å²) < 4.78 is 0. The van der Waals surface area contributed by atoms with Gasteiger partial charge in [0.1, 0.15) is 12.1 Å². The highest BCUT2D eigenvalue weighted by Crippen LogP contribution is 2.46. The van der Waals surface area contributed by atoms with Gasteiger partial charge in [-0.3, -0.25) is 4.79 Å². The molecule has 0 saturated carbocycles. The fourth-order valence-electron chi connectivity index (χ4n) is 7.65. The minimum absolute atomic E-state index is 0.334. The van der Waals surface area contributed by atoms with Gasteiger partial charge < -0.3 is 25.2 Å². The Bertz CT molecular complexity index is 1680. The lowest BCUT2D eigenvalue weighted by molar-refractivity contribution is -0.147. The Kier molecular flexibility index (Phi) is 14.4. The number of carbonyl (C=O) groups excluding carboxylic acids is 1. The average molecular weight is 722 g/mol. The summed E-state index contributed by atoms with van der Waals surface area (Å²) in [4.78, 5) is 32.3. The summed E-state index contributed by atoms with van der Waals surface area (Å²) in [5, 5.41) is 32.7. The van der Waals surface area contributed by atoms with Gasteiger partial charge in [-0.15, -0.1) is 0 Å². The second-order valence-corrected chi connectivity index (χ2v) is 18.5. The van der Waals surface area contributed by atoms with E-state index in [0.29, 0.717) is 44.3 Å². The van der Waals surface area contributed by atoms with Crippen molar-refractivity contribution in [3.63, 3.8) is 0 Å². The van der Waals surface area contributed by atoms with Crippen molar-refractivity contribution in [2.75, 3.05) is 20.1 Å². The molecule has 0 radical (unpaired) electrons.